The number of nitrogens with zero attached hydrogens (tertiary/aromatic N) is 1. The van der Waals surface area contributed by atoms with Crippen LogP contribution in [0.2, 0.25) is 5.02 Å². The zero-order chi connectivity index (χ0) is 17.6. The Morgan fingerprint density at radius 3 is 2.80 bits per heavy atom. The monoisotopic (exact) mass is 354 g/mol. The highest BCUT2D eigenvalue weighted by molar-refractivity contribution is 6.31. The van der Waals surface area contributed by atoms with Gasteiger partial charge in [-0.15, -0.1) is 0 Å². The molecule has 0 saturated heterocycles. The lowest BCUT2D eigenvalue weighted by Gasteiger charge is -2.11. The summed E-state index contributed by atoms with van der Waals surface area (Å²) in [7, 11) is 0. The Bertz CT molecular complexity index is 860. The van der Waals surface area contributed by atoms with Gasteiger partial charge in [-0.25, -0.2) is 4.98 Å². The lowest BCUT2D eigenvalue weighted by Crippen LogP contribution is -2.04. The van der Waals surface area contributed by atoms with Crippen molar-refractivity contribution in [3.63, 3.8) is 0 Å². The fraction of sp³-hybridized carbons (Fsp3) is 0.200. The van der Waals surface area contributed by atoms with E-state index in [-0.39, 0.29) is 5.78 Å². The molecular formula is C20H19ClN2O2. The summed E-state index contributed by atoms with van der Waals surface area (Å²) in [6.07, 6.45) is 4.52. The average Bonchev–Trinajstić information content (AvgIpc) is 3.11. The zero-order valence-electron chi connectivity index (χ0n) is 14.0. The van der Waals surface area contributed by atoms with E-state index in [2.05, 4.69) is 9.97 Å². The maximum Gasteiger partial charge on any atom is 0.134 e. The topological polar surface area (TPSA) is 55.0 Å². The quantitative estimate of drug-likeness (QED) is 0.680. The molecule has 0 spiro atoms. The number of nitrogens with one attached hydrogen (secondary N) is 1. The molecule has 0 atom stereocenters. The Balaban J connectivity index is 1.65. The minimum absolute atomic E-state index is 0.127. The highest BCUT2D eigenvalue weighted by atomic mass is 35.5. The molecule has 0 bridgehead atoms. The maximum absolute atomic E-state index is 11.2. The van der Waals surface area contributed by atoms with Crippen LogP contribution in [-0.4, -0.2) is 22.4 Å². The van der Waals surface area contributed by atoms with E-state index in [9.17, 15) is 4.79 Å². The molecule has 0 aliphatic rings. The van der Waals surface area contributed by atoms with Gasteiger partial charge >= 0.3 is 0 Å². The number of ketones is 1. The van der Waals surface area contributed by atoms with Gasteiger partial charge in [-0.05, 0) is 36.2 Å². The maximum atomic E-state index is 11.2. The van der Waals surface area contributed by atoms with Crippen LogP contribution in [0.3, 0.4) is 0 Å². The van der Waals surface area contributed by atoms with Crippen LogP contribution in [-0.2, 0) is 17.6 Å². The second kappa shape index (κ2) is 7.99. The van der Waals surface area contributed by atoms with E-state index >= 15 is 0 Å². The highest BCUT2D eigenvalue weighted by Gasteiger charge is 2.08. The molecule has 0 saturated carbocycles. The number of hydrogen-bond donors (Lipinski definition) is 1. The number of benzene rings is 2. The molecule has 0 unspecified atom stereocenters. The Hall–Kier alpha value is -2.59. The van der Waals surface area contributed by atoms with Gasteiger partial charge in [0.05, 0.1) is 24.8 Å². The third-order valence-corrected chi connectivity index (χ3v) is 4.23. The number of H-pyrrole nitrogens is 1. The Kier molecular flexibility index (Phi) is 5.51. The first-order valence-corrected chi connectivity index (χ1v) is 8.48. The van der Waals surface area contributed by atoms with Gasteiger partial charge in [-0.2, -0.15) is 0 Å². The van der Waals surface area contributed by atoms with E-state index in [1.54, 1.807) is 19.4 Å². The number of carbonyl (C=O) groups is 1. The van der Waals surface area contributed by atoms with Crippen molar-refractivity contribution in [2.45, 2.75) is 19.8 Å². The SMILES string of the molecule is CC(=O)Cc1ccc(CCOc2ccccc2-c2cnc[nH]2)c(Cl)c1. The number of imidazole rings is 1. The van der Waals surface area contributed by atoms with Crippen molar-refractivity contribution < 1.29 is 9.53 Å². The number of aromatic nitrogens is 2. The summed E-state index contributed by atoms with van der Waals surface area (Å²) < 4.78 is 5.95. The molecule has 3 aromatic rings. The van der Waals surface area contributed by atoms with Gasteiger partial charge in [0.1, 0.15) is 11.5 Å². The second-order valence-electron chi connectivity index (χ2n) is 5.86. The minimum atomic E-state index is 0.127. The van der Waals surface area contributed by atoms with Crippen molar-refractivity contribution in [1.29, 1.82) is 0 Å². The number of aromatic amines is 1. The second-order valence-corrected chi connectivity index (χ2v) is 6.27. The molecule has 0 amide bonds. The minimum Gasteiger partial charge on any atom is -0.493 e. The fourth-order valence-corrected chi connectivity index (χ4v) is 2.98. The van der Waals surface area contributed by atoms with Crippen LogP contribution >= 0.6 is 11.6 Å². The number of ether oxygens (including phenoxy) is 1. The molecule has 0 radical (unpaired) electrons. The molecular weight excluding hydrogens is 336 g/mol. The molecule has 5 heteroatoms. The molecule has 1 aromatic heterocycles. The summed E-state index contributed by atoms with van der Waals surface area (Å²) in [5.74, 6) is 0.929. The van der Waals surface area contributed by atoms with Gasteiger partial charge < -0.3 is 9.72 Å². The Morgan fingerprint density at radius 1 is 1.24 bits per heavy atom. The molecule has 1 heterocycles. The van der Waals surface area contributed by atoms with E-state index < -0.39 is 0 Å². The van der Waals surface area contributed by atoms with E-state index in [0.717, 1.165) is 28.1 Å². The smallest absolute Gasteiger partial charge is 0.134 e. The van der Waals surface area contributed by atoms with Crippen molar-refractivity contribution >= 4 is 17.4 Å². The van der Waals surface area contributed by atoms with Gasteiger partial charge in [0, 0.05) is 23.4 Å². The molecule has 25 heavy (non-hydrogen) atoms. The molecule has 0 aliphatic carbocycles. The third-order valence-electron chi connectivity index (χ3n) is 3.87. The summed E-state index contributed by atoms with van der Waals surface area (Å²) in [4.78, 5) is 18.3. The number of halogens is 1. The number of carbonyl (C=O) groups excluding carboxylic acids is 1. The predicted molar refractivity (Wildman–Crippen MR) is 99.1 cm³/mol. The largest absolute Gasteiger partial charge is 0.493 e. The van der Waals surface area contributed by atoms with Crippen molar-refractivity contribution in [3.8, 4) is 17.0 Å². The first kappa shape index (κ1) is 17.2. The van der Waals surface area contributed by atoms with Gasteiger partial charge in [0.15, 0.2) is 0 Å². The van der Waals surface area contributed by atoms with E-state index in [1.165, 1.54) is 0 Å². The predicted octanol–water partition coefficient (Wildman–Crippen LogP) is 4.48. The van der Waals surface area contributed by atoms with Crippen LogP contribution in [0.15, 0.2) is 55.0 Å². The summed E-state index contributed by atoms with van der Waals surface area (Å²) in [6.45, 7) is 2.09. The van der Waals surface area contributed by atoms with Crippen molar-refractivity contribution in [2.24, 2.45) is 0 Å². The van der Waals surface area contributed by atoms with Crippen LogP contribution in [0, 0.1) is 0 Å². The number of Topliss-reactive ketones (excluding diaryl/α,β-unsaturated/α-hetero) is 1. The number of hydrogen-bond acceptors (Lipinski definition) is 3. The molecule has 128 valence electrons. The first-order chi connectivity index (χ1) is 12.1. The molecule has 4 nitrogen and oxygen atoms in total. The zero-order valence-corrected chi connectivity index (χ0v) is 14.7. The normalized spacial score (nSPS) is 10.6. The van der Waals surface area contributed by atoms with Gasteiger partial charge in [-0.1, -0.05) is 35.9 Å². The Morgan fingerprint density at radius 2 is 2.08 bits per heavy atom. The van der Waals surface area contributed by atoms with Crippen molar-refractivity contribution in [3.05, 3.63) is 71.1 Å². The van der Waals surface area contributed by atoms with Crippen LogP contribution in [0.1, 0.15) is 18.1 Å². The van der Waals surface area contributed by atoms with Crippen LogP contribution in [0.25, 0.3) is 11.3 Å². The summed E-state index contributed by atoms with van der Waals surface area (Å²) >= 11 is 6.33. The van der Waals surface area contributed by atoms with Gasteiger partial charge in [0.2, 0.25) is 0 Å². The van der Waals surface area contributed by atoms with E-state index in [0.29, 0.717) is 24.5 Å². The Labute approximate surface area is 151 Å². The fourth-order valence-electron chi connectivity index (χ4n) is 2.68. The van der Waals surface area contributed by atoms with Gasteiger partial charge in [-0.3, -0.25) is 4.79 Å². The number of para-hydroxylation sites is 1. The van der Waals surface area contributed by atoms with Crippen LogP contribution in [0.4, 0.5) is 0 Å². The molecule has 0 aliphatic heterocycles. The first-order valence-electron chi connectivity index (χ1n) is 8.11. The molecule has 0 fully saturated rings. The van der Waals surface area contributed by atoms with Gasteiger partial charge in [0.25, 0.3) is 0 Å². The number of rotatable bonds is 7. The van der Waals surface area contributed by atoms with E-state index in [4.69, 9.17) is 16.3 Å². The average molecular weight is 355 g/mol. The van der Waals surface area contributed by atoms with Crippen molar-refractivity contribution in [2.75, 3.05) is 6.61 Å². The van der Waals surface area contributed by atoms with Crippen molar-refractivity contribution in [1.82, 2.24) is 9.97 Å². The highest BCUT2D eigenvalue weighted by Crippen LogP contribution is 2.28. The van der Waals surface area contributed by atoms with Crippen LogP contribution in [0.5, 0.6) is 5.75 Å². The standard InChI is InChI=1S/C20H19ClN2O2/c1-14(24)10-15-6-7-16(18(21)11-15)8-9-25-20-5-3-2-4-17(20)19-12-22-13-23-19/h2-7,11-13H,8-10H2,1H3,(H,22,23). The van der Waals surface area contributed by atoms with E-state index in [1.807, 2.05) is 42.5 Å². The lowest BCUT2D eigenvalue weighted by molar-refractivity contribution is -0.116. The lowest BCUT2D eigenvalue weighted by atomic mass is 10.1. The van der Waals surface area contributed by atoms with Crippen LogP contribution < -0.4 is 4.74 Å². The molecule has 1 N–H and O–H groups in total. The summed E-state index contributed by atoms with van der Waals surface area (Å²) in [5, 5.41) is 0.671. The molecule has 2 aromatic carbocycles. The summed E-state index contributed by atoms with van der Waals surface area (Å²) in [5.41, 5.74) is 3.84. The molecule has 3 rings (SSSR count). The summed E-state index contributed by atoms with van der Waals surface area (Å²) in [6, 6.07) is 13.6. The third kappa shape index (κ3) is 4.48.